The third kappa shape index (κ3) is 4.00. The Kier molecular flexibility index (Phi) is 4.51. The molecule has 0 bridgehead atoms. The molecule has 17 heavy (non-hydrogen) atoms. The molecule has 1 aliphatic rings. The zero-order valence-electron chi connectivity index (χ0n) is 10.8. The van der Waals surface area contributed by atoms with Crippen molar-refractivity contribution in [1.82, 2.24) is 10.2 Å². The number of nitrogens with zero attached hydrogens (tertiary/aromatic N) is 1. The first kappa shape index (κ1) is 14.0. The molecule has 0 aromatic rings. The smallest absolute Gasteiger partial charge is 0.252 e. The summed E-state index contributed by atoms with van der Waals surface area (Å²) >= 11 is 0. The number of piperidine rings is 1. The van der Waals surface area contributed by atoms with E-state index in [0.717, 1.165) is 32.4 Å². The summed E-state index contributed by atoms with van der Waals surface area (Å²) in [6.45, 7) is 5.99. The lowest BCUT2D eigenvalue weighted by Gasteiger charge is -2.30. The maximum Gasteiger partial charge on any atom is 0.252 e. The van der Waals surface area contributed by atoms with Crippen LogP contribution < -0.4 is 5.32 Å². The summed E-state index contributed by atoms with van der Waals surface area (Å²) in [5.41, 5.74) is -1.45. The summed E-state index contributed by atoms with van der Waals surface area (Å²) in [5.74, 6) is -0.586. The summed E-state index contributed by atoms with van der Waals surface area (Å²) in [5, 5.41) is 12.0. The van der Waals surface area contributed by atoms with Gasteiger partial charge in [-0.05, 0) is 40.0 Å². The van der Waals surface area contributed by atoms with Crippen molar-refractivity contribution in [2.75, 3.05) is 13.1 Å². The summed E-state index contributed by atoms with van der Waals surface area (Å²) in [7, 11) is 0. The second-order valence-electron chi connectivity index (χ2n) is 5.14. The molecule has 0 aliphatic carbocycles. The van der Waals surface area contributed by atoms with Gasteiger partial charge in [0.2, 0.25) is 5.91 Å². The molecule has 2 N–H and O–H groups in total. The summed E-state index contributed by atoms with van der Waals surface area (Å²) in [4.78, 5) is 25.3. The minimum atomic E-state index is -1.45. The molecule has 1 unspecified atom stereocenters. The van der Waals surface area contributed by atoms with E-state index in [4.69, 9.17) is 0 Å². The van der Waals surface area contributed by atoms with Crippen LogP contribution in [0.2, 0.25) is 0 Å². The van der Waals surface area contributed by atoms with Gasteiger partial charge in [0.05, 0.1) is 0 Å². The number of aliphatic hydroxyl groups is 1. The average molecular weight is 242 g/mol. The molecule has 1 heterocycles. The summed E-state index contributed by atoms with van der Waals surface area (Å²) < 4.78 is 0. The van der Waals surface area contributed by atoms with Crippen molar-refractivity contribution in [3.8, 4) is 0 Å². The van der Waals surface area contributed by atoms with Crippen molar-refractivity contribution >= 4 is 11.8 Å². The Morgan fingerprint density at radius 3 is 2.24 bits per heavy atom. The van der Waals surface area contributed by atoms with E-state index in [9.17, 15) is 14.7 Å². The van der Waals surface area contributed by atoms with E-state index in [2.05, 4.69) is 5.32 Å². The molecule has 1 atom stereocenters. The Hall–Kier alpha value is -1.10. The van der Waals surface area contributed by atoms with Crippen LogP contribution in [0.25, 0.3) is 0 Å². The monoisotopic (exact) mass is 242 g/mol. The molecule has 0 aromatic heterocycles. The molecule has 5 heteroatoms. The van der Waals surface area contributed by atoms with E-state index in [-0.39, 0.29) is 5.91 Å². The topological polar surface area (TPSA) is 69.6 Å². The van der Waals surface area contributed by atoms with Crippen LogP contribution >= 0.6 is 0 Å². The quantitative estimate of drug-likeness (QED) is 0.746. The predicted octanol–water partition coefficient (Wildman–Crippen LogP) is 0.274. The number of hydrogen-bond acceptors (Lipinski definition) is 3. The number of carbonyl (C=O) groups excluding carboxylic acids is 2. The van der Waals surface area contributed by atoms with Crippen LogP contribution in [0.1, 0.15) is 40.0 Å². The highest BCUT2D eigenvalue weighted by Gasteiger charge is 2.29. The molecule has 0 spiro atoms. The van der Waals surface area contributed by atoms with Crippen molar-refractivity contribution in [3.05, 3.63) is 0 Å². The summed E-state index contributed by atoms with van der Waals surface area (Å²) in [6, 6.07) is -0.577. The van der Waals surface area contributed by atoms with Crippen molar-refractivity contribution in [2.24, 2.45) is 0 Å². The minimum absolute atomic E-state index is 0.0673. The first-order valence-corrected chi connectivity index (χ1v) is 6.14. The van der Waals surface area contributed by atoms with Crippen molar-refractivity contribution in [1.29, 1.82) is 0 Å². The number of likely N-dealkylation sites (tertiary alicyclic amines) is 1. The number of amides is 2. The Morgan fingerprint density at radius 1 is 1.24 bits per heavy atom. The van der Waals surface area contributed by atoms with E-state index >= 15 is 0 Å². The SMILES string of the molecule is CC(NC(=O)C(C)(C)O)C(=O)N1CCCCC1. The van der Waals surface area contributed by atoms with Gasteiger partial charge < -0.3 is 15.3 Å². The van der Waals surface area contributed by atoms with Gasteiger partial charge in [0.25, 0.3) is 5.91 Å². The molecule has 1 saturated heterocycles. The number of carbonyl (C=O) groups is 2. The molecule has 1 rings (SSSR count). The molecule has 0 radical (unpaired) electrons. The Bertz CT molecular complexity index is 291. The van der Waals surface area contributed by atoms with Crippen LogP contribution in [0.15, 0.2) is 0 Å². The molecule has 98 valence electrons. The highest BCUT2D eigenvalue weighted by Crippen LogP contribution is 2.10. The van der Waals surface area contributed by atoms with Crippen molar-refractivity contribution in [2.45, 2.75) is 51.7 Å². The predicted molar refractivity (Wildman–Crippen MR) is 64.3 cm³/mol. The molecule has 5 nitrogen and oxygen atoms in total. The van der Waals surface area contributed by atoms with Crippen LogP contribution in [0, 0.1) is 0 Å². The van der Waals surface area contributed by atoms with Crippen molar-refractivity contribution < 1.29 is 14.7 Å². The maximum absolute atomic E-state index is 12.0. The van der Waals surface area contributed by atoms with Gasteiger partial charge >= 0.3 is 0 Å². The van der Waals surface area contributed by atoms with Gasteiger partial charge in [-0.3, -0.25) is 9.59 Å². The molecule has 1 aliphatic heterocycles. The fraction of sp³-hybridized carbons (Fsp3) is 0.833. The summed E-state index contributed by atoms with van der Waals surface area (Å²) in [6.07, 6.45) is 3.21. The average Bonchev–Trinajstić information content (AvgIpc) is 2.27. The van der Waals surface area contributed by atoms with Gasteiger partial charge in [0.1, 0.15) is 11.6 Å². The normalized spacial score (nSPS) is 18.7. The fourth-order valence-electron chi connectivity index (χ4n) is 1.82. The molecule has 1 fully saturated rings. The van der Waals surface area contributed by atoms with Crippen molar-refractivity contribution in [3.63, 3.8) is 0 Å². The van der Waals surface area contributed by atoms with Crippen LogP contribution in [0.4, 0.5) is 0 Å². The zero-order valence-corrected chi connectivity index (χ0v) is 10.8. The second kappa shape index (κ2) is 5.49. The van der Waals surface area contributed by atoms with Crippen LogP contribution in [-0.2, 0) is 9.59 Å². The Morgan fingerprint density at radius 2 is 1.76 bits per heavy atom. The van der Waals surface area contributed by atoms with Crippen LogP contribution in [-0.4, -0.2) is 46.6 Å². The van der Waals surface area contributed by atoms with Gasteiger partial charge in [0, 0.05) is 13.1 Å². The maximum atomic E-state index is 12.0. The minimum Gasteiger partial charge on any atom is -0.381 e. The Balaban J connectivity index is 2.49. The third-order valence-corrected chi connectivity index (χ3v) is 2.94. The van der Waals surface area contributed by atoms with Gasteiger partial charge in [0.15, 0.2) is 0 Å². The first-order valence-electron chi connectivity index (χ1n) is 6.14. The fourth-order valence-corrected chi connectivity index (χ4v) is 1.82. The third-order valence-electron chi connectivity index (χ3n) is 2.94. The van der Waals surface area contributed by atoms with Gasteiger partial charge in [-0.1, -0.05) is 0 Å². The van der Waals surface area contributed by atoms with Gasteiger partial charge in [-0.2, -0.15) is 0 Å². The van der Waals surface area contributed by atoms with E-state index in [1.165, 1.54) is 13.8 Å². The van der Waals surface area contributed by atoms with Gasteiger partial charge in [-0.15, -0.1) is 0 Å². The number of nitrogens with one attached hydrogen (secondary N) is 1. The van der Waals surface area contributed by atoms with Crippen LogP contribution in [0.5, 0.6) is 0 Å². The van der Waals surface area contributed by atoms with E-state index in [1.807, 2.05) is 0 Å². The van der Waals surface area contributed by atoms with E-state index < -0.39 is 17.6 Å². The zero-order chi connectivity index (χ0) is 13.1. The standard InChI is InChI=1S/C12H22N2O3/c1-9(13-11(16)12(2,3)17)10(15)14-7-5-4-6-8-14/h9,17H,4-8H2,1-3H3,(H,13,16). The highest BCUT2D eigenvalue weighted by molar-refractivity contribution is 5.90. The second-order valence-corrected chi connectivity index (χ2v) is 5.14. The molecular weight excluding hydrogens is 220 g/mol. The van der Waals surface area contributed by atoms with Crippen LogP contribution in [0.3, 0.4) is 0 Å². The molecule has 0 aromatic carbocycles. The first-order chi connectivity index (χ1) is 7.82. The largest absolute Gasteiger partial charge is 0.381 e. The lowest BCUT2D eigenvalue weighted by Crippen LogP contribution is -2.52. The highest BCUT2D eigenvalue weighted by atomic mass is 16.3. The molecule has 2 amide bonds. The number of hydrogen-bond donors (Lipinski definition) is 2. The lowest BCUT2D eigenvalue weighted by atomic mass is 10.1. The number of rotatable bonds is 3. The van der Waals surface area contributed by atoms with Gasteiger partial charge in [-0.25, -0.2) is 0 Å². The Labute approximate surface area is 102 Å². The molecular formula is C12H22N2O3. The lowest BCUT2D eigenvalue weighted by molar-refractivity contribution is -0.142. The van der Waals surface area contributed by atoms with E-state index in [0.29, 0.717) is 0 Å². The van der Waals surface area contributed by atoms with E-state index in [1.54, 1.807) is 11.8 Å². The molecule has 0 saturated carbocycles.